The number of methoxy groups -OCH3 is 1. The first-order valence-electron chi connectivity index (χ1n) is 8.61. The fourth-order valence-electron chi connectivity index (χ4n) is 3.38. The van der Waals surface area contributed by atoms with Crippen LogP contribution >= 0.6 is 0 Å². The lowest BCUT2D eigenvalue weighted by atomic mass is 9.74. The van der Waals surface area contributed by atoms with Crippen molar-refractivity contribution in [1.29, 1.82) is 0 Å². The van der Waals surface area contributed by atoms with Crippen LogP contribution in [0.3, 0.4) is 0 Å². The van der Waals surface area contributed by atoms with Gasteiger partial charge in [-0.15, -0.1) is 0 Å². The Kier molecular flexibility index (Phi) is 6.23. The summed E-state index contributed by atoms with van der Waals surface area (Å²) in [5.74, 6) is -0.0705. The molecule has 5 nitrogen and oxygen atoms in total. The largest absolute Gasteiger partial charge is 0.497 e. The quantitative estimate of drug-likeness (QED) is 0.802. The number of hydrogen-bond acceptors (Lipinski definition) is 3. The Morgan fingerprint density at radius 2 is 2.00 bits per heavy atom. The second-order valence-electron chi connectivity index (χ2n) is 6.80. The summed E-state index contributed by atoms with van der Waals surface area (Å²) in [5, 5.41) is 12.4. The van der Waals surface area contributed by atoms with Gasteiger partial charge in [0.25, 0.3) is 0 Å². The molecule has 1 aliphatic carbocycles. The number of aliphatic carboxylic acids is 1. The minimum Gasteiger partial charge on any atom is -0.497 e. The van der Waals surface area contributed by atoms with E-state index in [0.717, 1.165) is 30.6 Å². The summed E-state index contributed by atoms with van der Waals surface area (Å²) in [4.78, 5) is 23.9. The van der Waals surface area contributed by atoms with E-state index in [4.69, 9.17) is 4.74 Å². The van der Waals surface area contributed by atoms with E-state index in [-0.39, 0.29) is 18.4 Å². The summed E-state index contributed by atoms with van der Waals surface area (Å²) in [6, 6.07) is 7.68. The molecule has 24 heavy (non-hydrogen) atoms. The summed E-state index contributed by atoms with van der Waals surface area (Å²) >= 11 is 0. The van der Waals surface area contributed by atoms with Crippen LogP contribution in [-0.4, -0.2) is 30.6 Å². The van der Waals surface area contributed by atoms with E-state index in [2.05, 4.69) is 5.32 Å². The van der Waals surface area contributed by atoms with Gasteiger partial charge in [0, 0.05) is 13.0 Å². The predicted molar refractivity (Wildman–Crippen MR) is 92.2 cm³/mol. The number of nitrogens with one attached hydrogen (secondary N) is 1. The number of ether oxygens (including phenoxy) is 1. The van der Waals surface area contributed by atoms with Gasteiger partial charge in [-0.2, -0.15) is 0 Å². The first-order chi connectivity index (χ1) is 11.5. The molecule has 0 heterocycles. The fraction of sp³-hybridized carbons (Fsp3) is 0.579. The van der Waals surface area contributed by atoms with Crippen molar-refractivity contribution in [3.8, 4) is 5.75 Å². The van der Waals surface area contributed by atoms with Gasteiger partial charge in [-0.3, -0.25) is 9.59 Å². The lowest BCUT2D eigenvalue weighted by molar-refractivity contribution is -0.151. The Morgan fingerprint density at radius 1 is 1.29 bits per heavy atom. The van der Waals surface area contributed by atoms with Gasteiger partial charge >= 0.3 is 5.97 Å². The Balaban J connectivity index is 1.91. The van der Waals surface area contributed by atoms with Gasteiger partial charge in [-0.1, -0.05) is 38.3 Å². The van der Waals surface area contributed by atoms with Crippen LogP contribution in [0.1, 0.15) is 56.9 Å². The highest BCUT2D eigenvalue weighted by Crippen LogP contribution is 2.36. The third kappa shape index (κ3) is 4.49. The van der Waals surface area contributed by atoms with Crippen molar-refractivity contribution < 1.29 is 19.4 Å². The van der Waals surface area contributed by atoms with Crippen LogP contribution in [0.5, 0.6) is 5.75 Å². The zero-order valence-electron chi connectivity index (χ0n) is 14.5. The monoisotopic (exact) mass is 333 g/mol. The molecular weight excluding hydrogens is 306 g/mol. The first kappa shape index (κ1) is 18.3. The SMILES string of the molecule is COc1cccc(C(C)CC(=O)NCC2(C(=O)O)CCCCC2)c1. The Morgan fingerprint density at radius 3 is 2.62 bits per heavy atom. The maximum Gasteiger partial charge on any atom is 0.311 e. The number of benzene rings is 1. The smallest absolute Gasteiger partial charge is 0.311 e. The third-order valence-corrected chi connectivity index (χ3v) is 5.04. The summed E-state index contributed by atoms with van der Waals surface area (Å²) in [6.07, 6.45) is 4.55. The fourth-order valence-corrected chi connectivity index (χ4v) is 3.38. The molecule has 2 N–H and O–H groups in total. The number of carboxylic acids is 1. The number of rotatable bonds is 7. The molecule has 0 saturated heterocycles. The van der Waals surface area contributed by atoms with Gasteiger partial charge in [-0.25, -0.2) is 0 Å². The van der Waals surface area contributed by atoms with Gasteiger partial charge in [0.15, 0.2) is 0 Å². The lowest BCUT2D eigenvalue weighted by Crippen LogP contribution is -2.44. The van der Waals surface area contributed by atoms with Gasteiger partial charge in [-0.05, 0) is 36.5 Å². The predicted octanol–water partition coefficient (Wildman–Crippen LogP) is 3.34. The molecule has 1 aromatic rings. The average Bonchev–Trinajstić information content (AvgIpc) is 2.60. The molecule has 2 rings (SSSR count). The molecule has 1 amide bonds. The molecule has 1 saturated carbocycles. The normalized spacial score (nSPS) is 17.8. The molecule has 5 heteroatoms. The number of hydrogen-bond donors (Lipinski definition) is 2. The molecule has 1 unspecified atom stereocenters. The Hall–Kier alpha value is -2.04. The van der Waals surface area contributed by atoms with Gasteiger partial charge < -0.3 is 15.2 Å². The number of amides is 1. The Bertz CT molecular complexity index is 578. The van der Waals surface area contributed by atoms with Gasteiger partial charge in [0.2, 0.25) is 5.91 Å². The van der Waals surface area contributed by atoms with Crippen molar-refractivity contribution in [3.63, 3.8) is 0 Å². The van der Waals surface area contributed by atoms with Crippen LogP contribution < -0.4 is 10.1 Å². The lowest BCUT2D eigenvalue weighted by Gasteiger charge is -2.33. The van der Waals surface area contributed by atoms with Crippen LogP contribution in [0.15, 0.2) is 24.3 Å². The average molecular weight is 333 g/mol. The van der Waals surface area contributed by atoms with Crippen LogP contribution in [-0.2, 0) is 9.59 Å². The molecule has 0 aliphatic heterocycles. The second kappa shape index (κ2) is 8.18. The van der Waals surface area contributed by atoms with Gasteiger partial charge in [0.05, 0.1) is 12.5 Å². The van der Waals surface area contributed by atoms with E-state index >= 15 is 0 Å². The highest BCUT2D eigenvalue weighted by Gasteiger charge is 2.39. The minimum absolute atomic E-state index is 0.0484. The van der Waals surface area contributed by atoms with E-state index in [1.54, 1.807) is 7.11 Å². The van der Waals surface area contributed by atoms with E-state index in [9.17, 15) is 14.7 Å². The van der Waals surface area contributed by atoms with Crippen LogP contribution in [0.25, 0.3) is 0 Å². The number of carbonyl (C=O) groups excluding carboxylic acids is 1. The third-order valence-electron chi connectivity index (χ3n) is 5.04. The molecule has 1 fully saturated rings. The van der Waals surface area contributed by atoms with E-state index in [0.29, 0.717) is 19.3 Å². The van der Waals surface area contributed by atoms with Crippen molar-refractivity contribution >= 4 is 11.9 Å². The minimum atomic E-state index is -0.789. The van der Waals surface area contributed by atoms with Gasteiger partial charge in [0.1, 0.15) is 5.75 Å². The highest BCUT2D eigenvalue weighted by molar-refractivity contribution is 5.79. The van der Waals surface area contributed by atoms with Crippen LogP contribution in [0.4, 0.5) is 0 Å². The van der Waals surface area contributed by atoms with Crippen molar-refractivity contribution in [2.24, 2.45) is 5.41 Å². The maximum atomic E-state index is 12.3. The Labute approximate surface area is 143 Å². The molecule has 1 aliphatic rings. The van der Waals surface area contributed by atoms with E-state index in [1.165, 1.54) is 0 Å². The van der Waals surface area contributed by atoms with Crippen molar-refractivity contribution in [2.45, 2.75) is 51.4 Å². The van der Waals surface area contributed by atoms with Crippen molar-refractivity contribution in [1.82, 2.24) is 5.32 Å². The first-order valence-corrected chi connectivity index (χ1v) is 8.61. The molecule has 0 bridgehead atoms. The molecule has 0 spiro atoms. The molecular formula is C19H27NO4. The molecule has 0 aromatic heterocycles. The molecule has 1 atom stereocenters. The summed E-state index contributed by atoms with van der Waals surface area (Å²) < 4.78 is 5.21. The standard InChI is InChI=1S/C19H27NO4/c1-14(15-7-6-8-16(12-15)24-2)11-17(21)20-13-19(18(22)23)9-4-3-5-10-19/h6-8,12,14H,3-5,9-11,13H2,1-2H3,(H,20,21)(H,22,23). The highest BCUT2D eigenvalue weighted by atomic mass is 16.5. The molecule has 0 radical (unpaired) electrons. The van der Waals surface area contributed by atoms with Crippen LogP contribution in [0, 0.1) is 5.41 Å². The zero-order valence-corrected chi connectivity index (χ0v) is 14.5. The van der Waals surface area contributed by atoms with E-state index in [1.807, 2.05) is 31.2 Å². The summed E-state index contributed by atoms with van der Waals surface area (Å²) in [5.41, 5.74) is 0.253. The topological polar surface area (TPSA) is 75.6 Å². The summed E-state index contributed by atoms with van der Waals surface area (Å²) in [6.45, 7) is 2.22. The molecule has 132 valence electrons. The van der Waals surface area contributed by atoms with Crippen LogP contribution in [0.2, 0.25) is 0 Å². The number of carbonyl (C=O) groups is 2. The molecule has 1 aromatic carbocycles. The van der Waals surface area contributed by atoms with Crippen molar-refractivity contribution in [2.75, 3.05) is 13.7 Å². The number of carboxylic acid groups (broad SMARTS) is 1. The summed E-state index contributed by atoms with van der Waals surface area (Å²) in [7, 11) is 1.62. The zero-order chi connectivity index (χ0) is 17.6. The van der Waals surface area contributed by atoms with E-state index < -0.39 is 11.4 Å². The second-order valence-corrected chi connectivity index (χ2v) is 6.80. The van der Waals surface area contributed by atoms with Crippen molar-refractivity contribution in [3.05, 3.63) is 29.8 Å². The maximum absolute atomic E-state index is 12.3.